The Bertz CT molecular complexity index is 675. The van der Waals surface area contributed by atoms with Gasteiger partial charge in [0.15, 0.2) is 11.5 Å². The smallest absolute Gasteiger partial charge is 0.166 e. The van der Waals surface area contributed by atoms with Crippen LogP contribution in [0.25, 0.3) is 0 Å². The second-order valence-corrected chi connectivity index (χ2v) is 6.45. The van der Waals surface area contributed by atoms with Crippen molar-refractivity contribution >= 4 is 0 Å². The molecule has 0 N–H and O–H groups in total. The Balaban J connectivity index is 2.07. The number of methoxy groups -OCH3 is 1. The van der Waals surface area contributed by atoms with Crippen molar-refractivity contribution in [3.63, 3.8) is 0 Å². The molecule has 0 atom stereocenters. The summed E-state index contributed by atoms with van der Waals surface area (Å²) in [5.74, 6) is 1.60. The molecule has 0 bridgehead atoms. The first-order valence-electron chi connectivity index (χ1n) is 8.13. The van der Waals surface area contributed by atoms with Crippen LogP contribution in [0, 0.1) is 25.2 Å². The molecule has 1 saturated carbocycles. The highest BCUT2D eigenvalue weighted by atomic mass is 16.6. The maximum absolute atomic E-state index is 10.0. The Morgan fingerprint density at radius 3 is 2.39 bits per heavy atom. The number of ether oxygens (including phenoxy) is 3. The quantitative estimate of drug-likeness (QED) is 0.776. The van der Waals surface area contributed by atoms with E-state index in [1.54, 1.807) is 7.11 Å². The minimum atomic E-state index is -0.506. The first kappa shape index (κ1) is 15.7. The summed E-state index contributed by atoms with van der Waals surface area (Å²) < 4.78 is 16.9. The summed E-state index contributed by atoms with van der Waals surface area (Å²) in [5.41, 5.74) is 3.98. The Morgan fingerprint density at radius 1 is 1.13 bits per heavy atom. The van der Waals surface area contributed by atoms with E-state index >= 15 is 0 Å². The zero-order valence-corrected chi connectivity index (χ0v) is 14.1. The van der Waals surface area contributed by atoms with E-state index in [0.29, 0.717) is 13.2 Å². The fraction of sp³-hybridized carbons (Fsp3) is 0.526. The molecule has 122 valence electrons. The molecule has 2 aliphatic rings. The molecule has 1 aliphatic carbocycles. The summed E-state index contributed by atoms with van der Waals surface area (Å²) >= 11 is 0. The van der Waals surface area contributed by atoms with E-state index in [1.807, 2.05) is 13.2 Å². The molecular formula is C19H23NO3. The van der Waals surface area contributed by atoms with Gasteiger partial charge in [-0.2, -0.15) is 5.26 Å². The average molecular weight is 313 g/mol. The van der Waals surface area contributed by atoms with Crippen LogP contribution in [0.2, 0.25) is 0 Å². The van der Waals surface area contributed by atoms with E-state index in [2.05, 4.69) is 19.1 Å². The Morgan fingerprint density at radius 2 is 1.78 bits per heavy atom. The number of fused-ring (bicyclic) bond motifs is 1. The Hall–Kier alpha value is -2.15. The van der Waals surface area contributed by atoms with Crippen LogP contribution in [-0.2, 0) is 10.2 Å². The third-order valence-corrected chi connectivity index (χ3v) is 4.92. The zero-order valence-electron chi connectivity index (χ0n) is 14.1. The summed E-state index contributed by atoms with van der Waals surface area (Å²) in [7, 11) is 1.67. The normalized spacial score (nSPS) is 23.1. The van der Waals surface area contributed by atoms with Gasteiger partial charge in [-0.15, -0.1) is 0 Å². The van der Waals surface area contributed by atoms with Gasteiger partial charge < -0.3 is 14.2 Å². The van der Waals surface area contributed by atoms with E-state index in [-0.39, 0.29) is 0 Å². The number of benzene rings is 1. The summed E-state index contributed by atoms with van der Waals surface area (Å²) in [6, 6.07) is 4.72. The van der Waals surface area contributed by atoms with Gasteiger partial charge in [-0.25, -0.2) is 0 Å². The van der Waals surface area contributed by atoms with Crippen molar-refractivity contribution in [3.05, 3.63) is 34.6 Å². The number of allylic oxidation sites excluding steroid dienone is 1. The average Bonchev–Trinajstić information content (AvgIpc) is 2.57. The van der Waals surface area contributed by atoms with Gasteiger partial charge in [0.05, 0.1) is 24.9 Å². The predicted octanol–water partition coefficient (Wildman–Crippen LogP) is 3.94. The standard InChI is InChI=1S/C19H23NO3/c1-13-10-14(2)17-18(23-9-8-22-17)16(13)19(12-20)6-4-15(5-7-19)11-21-3/h10-11H,4-9H2,1-3H3. The van der Waals surface area contributed by atoms with Crippen molar-refractivity contribution in [2.24, 2.45) is 0 Å². The van der Waals surface area contributed by atoms with Gasteiger partial charge in [0.25, 0.3) is 0 Å². The highest BCUT2D eigenvalue weighted by Gasteiger charge is 2.41. The van der Waals surface area contributed by atoms with E-state index in [4.69, 9.17) is 14.2 Å². The first-order valence-corrected chi connectivity index (χ1v) is 8.13. The lowest BCUT2D eigenvalue weighted by atomic mass is 9.67. The van der Waals surface area contributed by atoms with Crippen LogP contribution in [0.3, 0.4) is 0 Å². The third kappa shape index (κ3) is 2.65. The monoisotopic (exact) mass is 313 g/mol. The van der Waals surface area contributed by atoms with Crippen LogP contribution in [0.5, 0.6) is 11.5 Å². The highest BCUT2D eigenvalue weighted by molar-refractivity contribution is 5.60. The first-order chi connectivity index (χ1) is 11.1. The van der Waals surface area contributed by atoms with Crippen LogP contribution in [0.15, 0.2) is 17.9 Å². The van der Waals surface area contributed by atoms with Gasteiger partial charge in [-0.05, 0) is 56.2 Å². The lowest BCUT2D eigenvalue weighted by molar-refractivity contribution is 0.165. The lowest BCUT2D eigenvalue weighted by Gasteiger charge is -2.36. The second kappa shape index (κ2) is 6.16. The molecule has 1 fully saturated rings. The number of hydrogen-bond acceptors (Lipinski definition) is 4. The molecule has 0 radical (unpaired) electrons. The molecule has 3 rings (SSSR count). The molecule has 0 unspecified atom stereocenters. The van der Waals surface area contributed by atoms with Gasteiger partial charge in [0.1, 0.15) is 13.2 Å². The van der Waals surface area contributed by atoms with Crippen molar-refractivity contribution < 1.29 is 14.2 Å². The van der Waals surface area contributed by atoms with Crippen LogP contribution in [0.4, 0.5) is 0 Å². The van der Waals surface area contributed by atoms with Crippen molar-refractivity contribution in [1.29, 1.82) is 5.26 Å². The van der Waals surface area contributed by atoms with Gasteiger partial charge in [0.2, 0.25) is 0 Å². The van der Waals surface area contributed by atoms with E-state index in [9.17, 15) is 5.26 Å². The van der Waals surface area contributed by atoms with Crippen molar-refractivity contribution in [1.82, 2.24) is 0 Å². The molecule has 0 saturated heterocycles. The molecule has 23 heavy (non-hydrogen) atoms. The number of nitrogens with zero attached hydrogens (tertiary/aromatic N) is 1. The molecule has 1 aliphatic heterocycles. The molecule has 1 aromatic carbocycles. The Kier molecular flexibility index (Phi) is 4.21. The van der Waals surface area contributed by atoms with Gasteiger partial charge in [-0.1, -0.05) is 6.07 Å². The fourth-order valence-electron chi connectivity index (χ4n) is 3.83. The summed E-state index contributed by atoms with van der Waals surface area (Å²) in [6.45, 7) is 5.21. The minimum Gasteiger partial charge on any atom is -0.504 e. The van der Waals surface area contributed by atoms with E-state index < -0.39 is 5.41 Å². The predicted molar refractivity (Wildman–Crippen MR) is 87.8 cm³/mol. The molecular weight excluding hydrogens is 290 g/mol. The summed E-state index contributed by atoms with van der Waals surface area (Å²) in [6.07, 6.45) is 5.16. The summed E-state index contributed by atoms with van der Waals surface area (Å²) in [4.78, 5) is 0. The third-order valence-electron chi connectivity index (χ3n) is 4.92. The topological polar surface area (TPSA) is 51.5 Å². The van der Waals surface area contributed by atoms with Crippen molar-refractivity contribution in [2.75, 3.05) is 20.3 Å². The van der Waals surface area contributed by atoms with Crippen LogP contribution < -0.4 is 9.47 Å². The number of aryl methyl sites for hydroxylation is 2. The van der Waals surface area contributed by atoms with Crippen LogP contribution in [-0.4, -0.2) is 20.3 Å². The number of rotatable bonds is 2. The van der Waals surface area contributed by atoms with Crippen molar-refractivity contribution in [2.45, 2.75) is 44.9 Å². The summed E-state index contributed by atoms with van der Waals surface area (Å²) in [5, 5.41) is 10.0. The van der Waals surface area contributed by atoms with E-state index in [1.165, 1.54) is 5.57 Å². The lowest BCUT2D eigenvalue weighted by Crippen LogP contribution is -2.31. The molecule has 4 nitrogen and oxygen atoms in total. The maximum atomic E-state index is 10.0. The number of nitriles is 1. The Labute approximate surface area is 137 Å². The minimum absolute atomic E-state index is 0.506. The van der Waals surface area contributed by atoms with Gasteiger partial charge in [0, 0.05) is 5.56 Å². The molecule has 0 aromatic heterocycles. The zero-order chi connectivity index (χ0) is 16.4. The molecule has 4 heteroatoms. The van der Waals surface area contributed by atoms with Gasteiger partial charge >= 0.3 is 0 Å². The number of hydrogen-bond donors (Lipinski definition) is 0. The highest BCUT2D eigenvalue weighted by Crippen LogP contribution is 2.50. The molecule has 1 aromatic rings. The van der Waals surface area contributed by atoms with E-state index in [0.717, 1.165) is 53.9 Å². The van der Waals surface area contributed by atoms with Crippen LogP contribution >= 0.6 is 0 Å². The molecule has 1 heterocycles. The fourth-order valence-corrected chi connectivity index (χ4v) is 3.83. The van der Waals surface area contributed by atoms with Gasteiger partial charge in [-0.3, -0.25) is 0 Å². The largest absolute Gasteiger partial charge is 0.504 e. The van der Waals surface area contributed by atoms with Crippen molar-refractivity contribution in [3.8, 4) is 17.6 Å². The maximum Gasteiger partial charge on any atom is 0.166 e. The second-order valence-electron chi connectivity index (χ2n) is 6.45. The van der Waals surface area contributed by atoms with Crippen LogP contribution in [0.1, 0.15) is 42.4 Å². The molecule has 0 amide bonds. The SMILES string of the molecule is COC=C1CCC(C#N)(c2c(C)cc(C)c3c2OCCO3)CC1. The molecule has 0 spiro atoms.